The molecule has 4 heteroatoms. The molecule has 4 nitrogen and oxygen atoms in total. The monoisotopic (exact) mass is 382 g/mol. The Labute approximate surface area is 168 Å². The van der Waals surface area contributed by atoms with Crippen LogP contribution in [0.15, 0.2) is 12.2 Å². The number of alkyl carbamates (subject to hydrolysis) is 1. The summed E-state index contributed by atoms with van der Waals surface area (Å²) in [5.41, 5.74) is 5.23. The van der Waals surface area contributed by atoms with Gasteiger partial charge in [-0.15, -0.1) is 0 Å². The lowest BCUT2D eigenvalue weighted by molar-refractivity contribution is 0.0516. The molecule has 0 fully saturated rings. The van der Waals surface area contributed by atoms with Crippen LogP contribution in [0.3, 0.4) is 0 Å². The van der Waals surface area contributed by atoms with E-state index < -0.39 is 11.7 Å². The van der Waals surface area contributed by atoms with E-state index >= 15 is 0 Å². The Kier molecular flexibility index (Phi) is 16.4. The lowest BCUT2D eigenvalue weighted by atomic mass is 10.0. The van der Waals surface area contributed by atoms with Crippen LogP contribution in [-0.4, -0.2) is 24.3 Å². The molecule has 0 unspecified atom stereocenters. The van der Waals surface area contributed by atoms with Gasteiger partial charge in [0.05, 0.1) is 6.04 Å². The van der Waals surface area contributed by atoms with Crippen molar-refractivity contribution in [1.29, 1.82) is 0 Å². The van der Waals surface area contributed by atoms with E-state index in [1.807, 2.05) is 26.8 Å². The Morgan fingerprint density at radius 1 is 0.926 bits per heavy atom. The second kappa shape index (κ2) is 17.1. The van der Waals surface area contributed by atoms with Crippen molar-refractivity contribution in [3.63, 3.8) is 0 Å². The number of hydrogen-bond acceptors (Lipinski definition) is 3. The fourth-order valence-corrected chi connectivity index (χ4v) is 3.01. The first kappa shape index (κ1) is 26.0. The number of rotatable bonds is 16. The summed E-state index contributed by atoms with van der Waals surface area (Å²) in [5.74, 6) is 0. The average molecular weight is 383 g/mol. The summed E-state index contributed by atoms with van der Waals surface area (Å²) < 4.78 is 5.25. The van der Waals surface area contributed by atoms with Gasteiger partial charge in [0.2, 0.25) is 0 Å². The van der Waals surface area contributed by atoms with Crippen LogP contribution >= 0.6 is 0 Å². The molecule has 0 radical (unpaired) electrons. The minimum atomic E-state index is -0.484. The average Bonchev–Trinajstić information content (AvgIpc) is 2.59. The standard InChI is InChI=1S/C23H46N2O2/c1-5-6-7-8-9-10-11-12-13-14-15-16-17-18-19-21(20-24)25-22(26)27-23(2,3)4/h18-19,21H,5-17,20,24H2,1-4H3,(H,25,26)/b19-18-/t21-/m1/s1. The maximum Gasteiger partial charge on any atom is 0.408 e. The van der Waals surface area contributed by atoms with Gasteiger partial charge in [0.15, 0.2) is 0 Å². The molecular formula is C23H46N2O2. The molecule has 0 aromatic heterocycles. The van der Waals surface area contributed by atoms with E-state index in [-0.39, 0.29) is 6.04 Å². The fourth-order valence-electron chi connectivity index (χ4n) is 3.01. The normalized spacial score (nSPS) is 13.1. The highest BCUT2D eigenvalue weighted by atomic mass is 16.6. The molecule has 0 aliphatic rings. The van der Waals surface area contributed by atoms with Gasteiger partial charge in [0, 0.05) is 6.54 Å². The molecule has 1 atom stereocenters. The molecule has 0 aliphatic carbocycles. The Morgan fingerprint density at radius 3 is 1.85 bits per heavy atom. The highest BCUT2D eigenvalue weighted by Gasteiger charge is 2.17. The number of nitrogens with one attached hydrogen (secondary N) is 1. The van der Waals surface area contributed by atoms with Gasteiger partial charge >= 0.3 is 6.09 Å². The Morgan fingerprint density at radius 2 is 1.41 bits per heavy atom. The highest BCUT2D eigenvalue weighted by molar-refractivity contribution is 5.68. The Balaban J connectivity index is 3.55. The van der Waals surface area contributed by atoms with Crippen molar-refractivity contribution < 1.29 is 9.53 Å². The van der Waals surface area contributed by atoms with Crippen LogP contribution < -0.4 is 11.1 Å². The molecule has 0 spiro atoms. The van der Waals surface area contributed by atoms with Crippen molar-refractivity contribution in [2.45, 2.75) is 123 Å². The van der Waals surface area contributed by atoms with Gasteiger partial charge in [-0.05, 0) is 33.6 Å². The molecule has 0 saturated heterocycles. The molecule has 27 heavy (non-hydrogen) atoms. The fraction of sp³-hybridized carbons (Fsp3) is 0.870. The summed E-state index contributed by atoms with van der Waals surface area (Å²) in [6.45, 7) is 8.22. The van der Waals surface area contributed by atoms with Crippen molar-refractivity contribution in [2.24, 2.45) is 5.73 Å². The number of unbranched alkanes of at least 4 members (excludes halogenated alkanes) is 12. The number of hydrogen-bond donors (Lipinski definition) is 2. The van der Waals surface area contributed by atoms with Gasteiger partial charge in [0.25, 0.3) is 0 Å². The SMILES string of the molecule is CCCCCCCCCCCCCC/C=C\[C@H](CN)NC(=O)OC(C)(C)C. The molecular weight excluding hydrogens is 336 g/mol. The van der Waals surface area contributed by atoms with E-state index in [2.05, 4.69) is 18.3 Å². The number of carbonyl (C=O) groups excluding carboxylic acids is 1. The lowest BCUT2D eigenvalue weighted by Gasteiger charge is -2.21. The number of amides is 1. The molecule has 0 aromatic rings. The van der Waals surface area contributed by atoms with Crippen molar-refractivity contribution in [2.75, 3.05) is 6.54 Å². The van der Waals surface area contributed by atoms with Crippen LogP contribution in [-0.2, 0) is 4.74 Å². The maximum atomic E-state index is 11.8. The molecule has 3 N–H and O–H groups in total. The maximum absolute atomic E-state index is 11.8. The first-order valence-corrected chi connectivity index (χ1v) is 11.2. The van der Waals surface area contributed by atoms with E-state index in [0.29, 0.717) is 6.54 Å². The van der Waals surface area contributed by atoms with Crippen molar-refractivity contribution in [3.8, 4) is 0 Å². The smallest absolute Gasteiger partial charge is 0.408 e. The largest absolute Gasteiger partial charge is 0.444 e. The van der Waals surface area contributed by atoms with Crippen LogP contribution in [0.5, 0.6) is 0 Å². The Bertz CT molecular complexity index is 375. The summed E-state index contributed by atoms with van der Waals surface area (Å²) in [6, 6.07) is -0.155. The van der Waals surface area contributed by atoms with E-state index in [1.54, 1.807) is 0 Å². The van der Waals surface area contributed by atoms with E-state index in [9.17, 15) is 4.79 Å². The minimum Gasteiger partial charge on any atom is -0.444 e. The van der Waals surface area contributed by atoms with Gasteiger partial charge in [0.1, 0.15) is 5.60 Å². The molecule has 0 saturated carbocycles. The summed E-state index contributed by atoms with van der Waals surface area (Å²) in [6.07, 6.45) is 21.1. The van der Waals surface area contributed by atoms with Crippen molar-refractivity contribution >= 4 is 6.09 Å². The van der Waals surface area contributed by atoms with Crippen LogP contribution in [0.25, 0.3) is 0 Å². The quantitative estimate of drug-likeness (QED) is 0.237. The summed E-state index contributed by atoms with van der Waals surface area (Å²) in [4.78, 5) is 11.8. The predicted molar refractivity (Wildman–Crippen MR) is 117 cm³/mol. The highest BCUT2D eigenvalue weighted by Crippen LogP contribution is 2.12. The van der Waals surface area contributed by atoms with Crippen LogP contribution in [0.4, 0.5) is 4.79 Å². The zero-order valence-corrected chi connectivity index (χ0v) is 18.5. The van der Waals surface area contributed by atoms with E-state index in [1.165, 1.54) is 77.0 Å². The van der Waals surface area contributed by atoms with Gasteiger partial charge in [-0.3, -0.25) is 0 Å². The topological polar surface area (TPSA) is 64.3 Å². The second-order valence-corrected chi connectivity index (χ2v) is 8.59. The summed E-state index contributed by atoms with van der Waals surface area (Å²) in [7, 11) is 0. The van der Waals surface area contributed by atoms with Crippen LogP contribution in [0.2, 0.25) is 0 Å². The number of allylic oxidation sites excluding steroid dienone is 1. The van der Waals surface area contributed by atoms with Gasteiger partial charge in [-0.25, -0.2) is 4.79 Å². The predicted octanol–water partition coefficient (Wildman–Crippen LogP) is 6.49. The summed E-state index contributed by atoms with van der Waals surface area (Å²) in [5, 5.41) is 2.80. The second-order valence-electron chi connectivity index (χ2n) is 8.59. The third-order valence-electron chi connectivity index (χ3n) is 4.55. The zero-order chi connectivity index (χ0) is 20.4. The molecule has 0 rings (SSSR count). The van der Waals surface area contributed by atoms with E-state index in [4.69, 9.17) is 10.5 Å². The van der Waals surface area contributed by atoms with Gasteiger partial charge < -0.3 is 15.8 Å². The molecule has 0 aliphatic heterocycles. The molecule has 1 amide bonds. The van der Waals surface area contributed by atoms with E-state index in [0.717, 1.165) is 6.42 Å². The minimum absolute atomic E-state index is 0.155. The van der Waals surface area contributed by atoms with Crippen molar-refractivity contribution in [3.05, 3.63) is 12.2 Å². The molecule has 0 heterocycles. The van der Waals surface area contributed by atoms with Gasteiger partial charge in [-0.1, -0.05) is 89.7 Å². The van der Waals surface area contributed by atoms with Gasteiger partial charge in [-0.2, -0.15) is 0 Å². The third kappa shape index (κ3) is 19.5. The lowest BCUT2D eigenvalue weighted by Crippen LogP contribution is -2.41. The van der Waals surface area contributed by atoms with Crippen LogP contribution in [0.1, 0.15) is 111 Å². The number of nitrogens with two attached hydrogens (primary N) is 1. The summed E-state index contributed by atoms with van der Waals surface area (Å²) >= 11 is 0. The molecule has 0 bridgehead atoms. The Hall–Kier alpha value is -1.03. The number of ether oxygens (including phenoxy) is 1. The first-order valence-electron chi connectivity index (χ1n) is 11.2. The zero-order valence-electron chi connectivity index (χ0n) is 18.5. The third-order valence-corrected chi connectivity index (χ3v) is 4.55. The first-order chi connectivity index (χ1) is 12.9. The van der Waals surface area contributed by atoms with Crippen LogP contribution in [0, 0.1) is 0 Å². The molecule has 160 valence electrons. The molecule has 0 aromatic carbocycles. The van der Waals surface area contributed by atoms with Crippen molar-refractivity contribution in [1.82, 2.24) is 5.32 Å². The number of carbonyl (C=O) groups is 1.